The molecule has 0 nitrogen and oxygen atoms in total. The van der Waals surface area contributed by atoms with E-state index in [1.54, 1.807) is 44.9 Å². The van der Waals surface area contributed by atoms with Gasteiger partial charge in [0, 0.05) is 0 Å². The molecule has 0 aromatic heterocycles. The molecule has 0 aliphatic heterocycles. The minimum atomic E-state index is 1.03. The molecule has 0 aromatic carbocycles. The topological polar surface area (TPSA) is 0 Å². The molecule has 0 atom stereocenters. The molecular formula is C17H32. The van der Waals surface area contributed by atoms with E-state index in [0.717, 1.165) is 23.7 Å². The first-order valence-electron chi connectivity index (χ1n) is 8.33. The minimum Gasteiger partial charge on any atom is -0.0651 e. The summed E-state index contributed by atoms with van der Waals surface area (Å²) in [7, 11) is 0. The molecule has 0 saturated heterocycles. The van der Waals surface area contributed by atoms with E-state index in [4.69, 9.17) is 0 Å². The Morgan fingerprint density at radius 3 is 1.82 bits per heavy atom. The predicted octanol–water partition coefficient (Wildman–Crippen LogP) is 5.81. The second-order valence-corrected chi connectivity index (χ2v) is 6.74. The Labute approximate surface area is 109 Å². The van der Waals surface area contributed by atoms with Gasteiger partial charge in [-0.3, -0.25) is 0 Å². The lowest BCUT2D eigenvalue weighted by atomic mass is 9.72. The van der Waals surface area contributed by atoms with E-state index in [1.807, 2.05) is 0 Å². The van der Waals surface area contributed by atoms with Crippen LogP contribution in [0.2, 0.25) is 0 Å². The molecule has 0 aromatic rings. The van der Waals surface area contributed by atoms with Crippen molar-refractivity contribution < 1.29 is 0 Å². The minimum absolute atomic E-state index is 1.03. The van der Waals surface area contributed by atoms with Crippen molar-refractivity contribution in [1.29, 1.82) is 0 Å². The zero-order valence-electron chi connectivity index (χ0n) is 12.1. The van der Waals surface area contributed by atoms with E-state index in [2.05, 4.69) is 13.8 Å². The molecule has 100 valence electrons. The smallest absolute Gasteiger partial charge is 0.0386 e. The first-order valence-corrected chi connectivity index (χ1v) is 8.33. The molecule has 0 heterocycles. The van der Waals surface area contributed by atoms with Gasteiger partial charge >= 0.3 is 0 Å². The lowest BCUT2D eigenvalue weighted by molar-refractivity contribution is 0.177. The molecule has 0 radical (unpaired) electrons. The van der Waals surface area contributed by atoms with Gasteiger partial charge in [-0.05, 0) is 42.9 Å². The predicted molar refractivity (Wildman–Crippen MR) is 76.1 cm³/mol. The highest BCUT2D eigenvalue weighted by atomic mass is 14.3. The fourth-order valence-corrected chi connectivity index (χ4v) is 4.57. The summed E-state index contributed by atoms with van der Waals surface area (Å²) >= 11 is 0. The van der Waals surface area contributed by atoms with E-state index in [-0.39, 0.29) is 0 Å². The normalized spacial score (nSPS) is 31.2. The summed E-state index contributed by atoms with van der Waals surface area (Å²) in [6, 6.07) is 0. The summed E-state index contributed by atoms with van der Waals surface area (Å²) in [6.07, 6.45) is 16.7. The summed E-state index contributed by atoms with van der Waals surface area (Å²) < 4.78 is 0. The molecular weight excluding hydrogens is 204 g/mol. The molecule has 2 rings (SSSR count). The van der Waals surface area contributed by atoms with Gasteiger partial charge in [0.2, 0.25) is 0 Å². The van der Waals surface area contributed by atoms with Crippen LogP contribution in [-0.4, -0.2) is 0 Å². The lowest BCUT2D eigenvalue weighted by Crippen LogP contribution is -2.22. The average molecular weight is 236 g/mol. The lowest BCUT2D eigenvalue weighted by Gasteiger charge is -2.34. The third-order valence-electron chi connectivity index (χ3n) is 5.75. The second-order valence-electron chi connectivity index (χ2n) is 6.74. The van der Waals surface area contributed by atoms with E-state index < -0.39 is 0 Å². The van der Waals surface area contributed by atoms with Crippen molar-refractivity contribution >= 4 is 0 Å². The highest BCUT2D eigenvalue weighted by Crippen LogP contribution is 2.40. The van der Waals surface area contributed by atoms with Crippen LogP contribution in [-0.2, 0) is 0 Å². The van der Waals surface area contributed by atoms with Crippen LogP contribution in [0.5, 0.6) is 0 Å². The quantitative estimate of drug-likeness (QED) is 0.565. The summed E-state index contributed by atoms with van der Waals surface area (Å²) in [5, 5.41) is 0. The maximum atomic E-state index is 2.39. The zero-order valence-corrected chi connectivity index (χ0v) is 12.1. The standard InChI is InChI=1S/C17H32/c1-3-16(4-2)17-11-9-15(10-12-17)13-14-7-5-6-8-14/h14-17H,3-13H2,1-2H3. The van der Waals surface area contributed by atoms with Crippen LogP contribution in [0.1, 0.15) is 84.5 Å². The van der Waals surface area contributed by atoms with Gasteiger partial charge in [-0.15, -0.1) is 0 Å². The Bertz CT molecular complexity index is 190. The van der Waals surface area contributed by atoms with Crippen molar-refractivity contribution in [2.75, 3.05) is 0 Å². The Balaban J connectivity index is 1.69. The van der Waals surface area contributed by atoms with E-state index in [0.29, 0.717) is 0 Å². The van der Waals surface area contributed by atoms with Crippen molar-refractivity contribution in [2.45, 2.75) is 84.5 Å². The van der Waals surface area contributed by atoms with Crippen molar-refractivity contribution in [3.8, 4) is 0 Å². The van der Waals surface area contributed by atoms with Crippen LogP contribution < -0.4 is 0 Å². The number of rotatable bonds is 5. The van der Waals surface area contributed by atoms with Crippen LogP contribution in [0.3, 0.4) is 0 Å². The van der Waals surface area contributed by atoms with Gasteiger partial charge in [0.1, 0.15) is 0 Å². The zero-order chi connectivity index (χ0) is 12.1. The van der Waals surface area contributed by atoms with Crippen LogP contribution >= 0.6 is 0 Å². The SMILES string of the molecule is CCC(CC)C1CCC(CC2CCCC2)CC1. The van der Waals surface area contributed by atoms with Gasteiger partial charge in [-0.1, -0.05) is 65.2 Å². The van der Waals surface area contributed by atoms with Crippen molar-refractivity contribution in [3.05, 3.63) is 0 Å². The Hall–Kier alpha value is 0. The highest BCUT2D eigenvalue weighted by Gasteiger charge is 2.27. The third-order valence-corrected chi connectivity index (χ3v) is 5.75. The van der Waals surface area contributed by atoms with Crippen molar-refractivity contribution in [3.63, 3.8) is 0 Å². The monoisotopic (exact) mass is 236 g/mol. The Kier molecular flexibility index (Phi) is 5.38. The molecule has 17 heavy (non-hydrogen) atoms. The van der Waals surface area contributed by atoms with E-state index >= 15 is 0 Å². The molecule has 0 bridgehead atoms. The number of hydrogen-bond donors (Lipinski definition) is 0. The molecule has 2 saturated carbocycles. The first-order chi connectivity index (χ1) is 8.33. The van der Waals surface area contributed by atoms with Crippen LogP contribution in [0.4, 0.5) is 0 Å². The van der Waals surface area contributed by atoms with Gasteiger partial charge in [-0.2, -0.15) is 0 Å². The van der Waals surface area contributed by atoms with Crippen molar-refractivity contribution in [2.24, 2.45) is 23.7 Å². The Morgan fingerprint density at radius 2 is 1.29 bits per heavy atom. The maximum absolute atomic E-state index is 2.39. The molecule has 2 fully saturated rings. The van der Waals surface area contributed by atoms with Gasteiger partial charge in [0.15, 0.2) is 0 Å². The van der Waals surface area contributed by atoms with Crippen LogP contribution in [0, 0.1) is 23.7 Å². The Morgan fingerprint density at radius 1 is 0.765 bits per heavy atom. The third kappa shape index (κ3) is 3.73. The molecule has 2 aliphatic rings. The average Bonchev–Trinajstić information content (AvgIpc) is 2.86. The summed E-state index contributed by atoms with van der Waals surface area (Å²) in [5.74, 6) is 4.32. The molecule has 0 N–H and O–H groups in total. The number of hydrogen-bond acceptors (Lipinski definition) is 0. The van der Waals surface area contributed by atoms with Gasteiger partial charge < -0.3 is 0 Å². The summed E-state index contributed by atoms with van der Waals surface area (Å²) in [5.41, 5.74) is 0. The first kappa shape index (κ1) is 13.4. The molecule has 0 unspecified atom stereocenters. The highest BCUT2D eigenvalue weighted by molar-refractivity contribution is 4.79. The summed E-state index contributed by atoms with van der Waals surface area (Å²) in [4.78, 5) is 0. The molecule has 0 amide bonds. The van der Waals surface area contributed by atoms with Gasteiger partial charge in [0.25, 0.3) is 0 Å². The molecule has 0 spiro atoms. The fraction of sp³-hybridized carbons (Fsp3) is 1.00. The summed E-state index contributed by atoms with van der Waals surface area (Å²) in [6.45, 7) is 4.78. The fourth-order valence-electron chi connectivity index (χ4n) is 4.57. The van der Waals surface area contributed by atoms with E-state index in [1.165, 1.54) is 25.7 Å². The van der Waals surface area contributed by atoms with E-state index in [9.17, 15) is 0 Å². The largest absolute Gasteiger partial charge is 0.0651 e. The van der Waals surface area contributed by atoms with Crippen molar-refractivity contribution in [1.82, 2.24) is 0 Å². The second kappa shape index (κ2) is 6.81. The molecule has 0 heteroatoms. The van der Waals surface area contributed by atoms with Crippen LogP contribution in [0.15, 0.2) is 0 Å². The maximum Gasteiger partial charge on any atom is -0.0386 e. The van der Waals surface area contributed by atoms with Gasteiger partial charge in [0.05, 0.1) is 0 Å². The van der Waals surface area contributed by atoms with Gasteiger partial charge in [-0.25, -0.2) is 0 Å². The van der Waals surface area contributed by atoms with Crippen LogP contribution in [0.25, 0.3) is 0 Å². The molecule has 2 aliphatic carbocycles.